The summed E-state index contributed by atoms with van der Waals surface area (Å²) in [5.74, 6) is 0.617. The monoisotopic (exact) mass is 398 g/mol. The Kier molecular flexibility index (Phi) is 5.51. The molecule has 2 aliphatic heterocycles. The number of hydrogen-bond donors (Lipinski definition) is 1. The van der Waals surface area contributed by atoms with E-state index in [1.807, 2.05) is 0 Å². The number of benzene rings is 1. The van der Waals surface area contributed by atoms with Gasteiger partial charge in [-0.1, -0.05) is 18.2 Å². The van der Waals surface area contributed by atoms with Crippen LogP contribution in [0.25, 0.3) is 0 Å². The molecule has 8 heteroatoms. The largest absolute Gasteiger partial charge is 0.416 e. The van der Waals surface area contributed by atoms with E-state index in [2.05, 4.69) is 5.32 Å². The number of nitrogens with one attached hydrogen (secondary N) is 1. The van der Waals surface area contributed by atoms with E-state index in [-0.39, 0.29) is 36.9 Å². The molecule has 2 heterocycles. The van der Waals surface area contributed by atoms with E-state index >= 15 is 0 Å². The number of carbonyl (C=O) groups is 1. The van der Waals surface area contributed by atoms with Crippen molar-refractivity contribution < 1.29 is 27.4 Å². The van der Waals surface area contributed by atoms with Crippen LogP contribution in [0.1, 0.15) is 42.9 Å². The molecule has 3 atom stereocenters. The molecule has 154 valence electrons. The topological polar surface area (TPSA) is 50.8 Å². The van der Waals surface area contributed by atoms with Crippen LogP contribution in [0.3, 0.4) is 0 Å². The summed E-state index contributed by atoms with van der Waals surface area (Å²) in [5, 5.41) is 3.05. The molecule has 2 amide bonds. The first-order valence-electron chi connectivity index (χ1n) is 9.86. The molecule has 1 aliphatic carbocycles. The highest BCUT2D eigenvalue weighted by atomic mass is 19.4. The van der Waals surface area contributed by atoms with Crippen LogP contribution in [0.15, 0.2) is 24.3 Å². The van der Waals surface area contributed by atoms with E-state index in [4.69, 9.17) is 9.47 Å². The van der Waals surface area contributed by atoms with E-state index in [0.717, 1.165) is 18.9 Å². The molecule has 4 rings (SSSR count). The average molecular weight is 398 g/mol. The van der Waals surface area contributed by atoms with Crippen LogP contribution in [0, 0.1) is 5.92 Å². The van der Waals surface area contributed by atoms with Gasteiger partial charge in [0.2, 0.25) is 0 Å². The lowest BCUT2D eigenvalue weighted by molar-refractivity contribution is -0.140. The first kappa shape index (κ1) is 19.5. The minimum atomic E-state index is -4.45. The highest BCUT2D eigenvalue weighted by molar-refractivity contribution is 5.74. The molecule has 1 N–H and O–H groups in total. The number of nitrogens with zero attached hydrogens (tertiary/aromatic N) is 1. The molecular formula is C20H25F3N2O3. The Morgan fingerprint density at radius 1 is 1.11 bits per heavy atom. The van der Waals surface area contributed by atoms with Crippen molar-refractivity contribution in [1.29, 1.82) is 0 Å². The summed E-state index contributed by atoms with van der Waals surface area (Å²) in [7, 11) is 0. The van der Waals surface area contributed by atoms with Crippen molar-refractivity contribution >= 4 is 6.03 Å². The number of morpholine rings is 1. The van der Waals surface area contributed by atoms with Crippen LogP contribution < -0.4 is 5.32 Å². The van der Waals surface area contributed by atoms with Crippen LogP contribution in [-0.2, 0) is 15.7 Å². The van der Waals surface area contributed by atoms with Gasteiger partial charge in [-0.2, -0.15) is 13.2 Å². The maximum atomic E-state index is 13.3. The molecule has 1 aromatic carbocycles. The number of halogens is 3. The lowest BCUT2D eigenvalue weighted by atomic mass is 10.00. The van der Waals surface area contributed by atoms with Crippen molar-refractivity contribution in [2.75, 3.05) is 26.3 Å². The van der Waals surface area contributed by atoms with Gasteiger partial charge in [0.1, 0.15) is 6.10 Å². The van der Waals surface area contributed by atoms with Crippen LogP contribution in [0.5, 0.6) is 0 Å². The van der Waals surface area contributed by atoms with Crippen LogP contribution in [0.2, 0.25) is 0 Å². The minimum absolute atomic E-state index is 0.0515. The summed E-state index contributed by atoms with van der Waals surface area (Å²) in [6, 6.07) is 5.22. The Hall–Kier alpha value is -1.80. The van der Waals surface area contributed by atoms with E-state index in [0.29, 0.717) is 19.1 Å². The molecule has 2 saturated heterocycles. The molecule has 0 aromatic heterocycles. The Labute approximate surface area is 162 Å². The van der Waals surface area contributed by atoms with Gasteiger partial charge in [-0.3, -0.25) is 0 Å². The van der Waals surface area contributed by atoms with Crippen LogP contribution in [0.4, 0.5) is 18.0 Å². The van der Waals surface area contributed by atoms with Crippen LogP contribution in [-0.4, -0.2) is 49.4 Å². The molecule has 3 fully saturated rings. The highest BCUT2D eigenvalue weighted by Crippen LogP contribution is 2.38. The summed E-state index contributed by atoms with van der Waals surface area (Å²) in [6.45, 7) is 1.32. The van der Waals surface area contributed by atoms with Gasteiger partial charge in [-0.15, -0.1) is 0 Å². The zero-order valence-corrected chi connectivity index (χ0v) is 15.6. The zero-order valence-electron chi connectivity index (χ0n) is 15.6. The van der Waals surface area contributed by atoms with Gasteiger partial charge < -0.3 is 19.7 Å². The summed E-state index contributed by atoms with van der Waals surface area (Å²) < 4.78 is 51.3. The number of ether oxygens (including phenoxy) is 2. The average Bonchev–Trinajstić information content (AvgIpc) is 3.53. The maximum Gasteiger partial charge on any atom is 0.416 e. The molecule has 0 unspecified atom stereocenters. The Balaban J connectivity index is 1.39. The SMILES string of the molecule is O=C(N[C@@H]1CCO[C@H](C2CC2)C1)N1CCO[C@@H](c2ccccc2C(F)(F)F)C1. The summed E-state index contributed by atoms with van der Waals surface area (Å²) in [6.07, 6.45) is -1.07. The summed E-state index contributed by atoms with van der Waals surface area (Å²) in [5.41, 5.74) is -0.633. The van der Waals surface area contributed by atoms with Crippen molar-refractivity contribution in [3.63, 3.8) is 0 Å². The van der Waals surface area contributed by atoms with E-state index in [9.17, 15) is 18.0 Å². The third-order valence-corrected chi connectivity index (χ3v) is 5.76. The number of rotatable bonds is 3. The summed E-state index contributed by atoms with van der Waals surface area (Å²) in [4.78, 5) is 14.3. The first-order valence-corrected chi connectivity index (χ1v) is 9.86. The number of hydrogen-bond acceptors (Lipinski definition) is 3. The molecule has 1 saturated carbocycles. The third-order valence-electron chi connectivity index (χ3n) is 5.76. The quantitative estimate of drug-likeness (QED) is 0.844. The molecule has 28 heavy (non-hydrogen) atoms. The summed E-state index contributed by atoms with van der Waals surface area (Å²) >= 11 is 0. The minimum Gasteiger partial charge on any atom is -0.378 e. The second kappa shape index (κ2) is 7.91. The number of urea groups is 1. The van der Waals surface area contributed by atoms with Crippen LogP contribution >= 0.6 is 0 Å². The number of carbonyl (C=O) groups excluding carboxylic acids is 1. The van der Waals surface area contributed by atoms with Gasteiger partial charge >= 0.3 is 12.2 Å². The fourth-order valence-electron chi connectivity index (χ4n) is 4.08. The maximum absolute atomic E-state index is 13.3. The van der Waals surface area contributed by atoms with Gasteiger partial charge in [-0.25, -0.2) is 4.79 Å². The second-order valence-corrected chi connectivity index (χ2v) is 7.81. The fourth-order valence-corrected chi connectivity index (χ4v) is 4.08. The lowest BCUT2D eigenvalue weighted by Crippen LogP contribution is -2.52. The van der Waals surface area contributed by atoms with Crippen molar-refractivity contribution in [2.24, 2.45) is 5.92 Å². The lowest BCUT2D eigenvalue weighted by Gasteiger charge is -2.36. The Morgan fingerprint density at radius 2 is 1.89 bits per heavy atom. The Bertz CT molecular complexity index is 708. The predicted octanol–water partition coefficient (Wildman–Crippen LogP) is 3.75. The van der Waals surface area contributed by atoms with Gasteiger partial charge in [-0.05, 0) is 43.2 Å². The third kappa shape index (κ3) is 4.43. The van der Waals surface area contributed by atoms with Gasteiger partial charge in [0.15, 0.2) is 0 Å². The predicted molar refractivity (Wildman–Crippen MR) is 95.7 cm³/mol. The van der Waals surface area contributed by atoms with Gasteiger partial charge in [0.05, 0.1) is 24.8 Å². The standard InChI is InChI=1S/C20H25F3N2O3/c21-20(22,23)16-4-2-1-3-15(16)18-12-25(8-10-28-18)19(26)24-14-7-9-27-17(11-14)13-5-6-13/h1-4,13-14,17-18H,5-12H2,(H,24,26)/t14-,17+,18-/m1/s1. The molecular weight excluding hydrogens is 373 g/mol. The molecule has 0 spiro atoms. The van der Waals surface area contributed by atoms with Crippen molar-refractivity contribution in [3.8, 4) is 0 Å². The zero-order chi connectivity index (χ0) is 19.7. The molecule has 5 nitrogen and oxygen atoms in total. The second-order valence-electron chi connectivity index (χ2n) is 7.81. The molecule has 1 aromatic rings. The van der Waals surface area contributed by atoms with E-state index in [1.165, 1.54) is 25.0 Å². The van der Waals surface area contributed by atoms with E-state index in [1.54, 1.807) is 11.0 Å². The first-order chi connectivity index (χ1) is 13.4. The van der Waals surface area contributed by atoms with Gasteiger partial charge in [0, 0.05) is 19.2 Å². The van der Waals surface area contributed by atoms with Crippen molar-refractivity contribution in [3.05, 3.63) is 35.4 Å². The molecule has 0 bridgehead atoms. The fraction of sp³-hybridized carbons (Fsp3) is 0.650. The number of amides is 2. The molecule has 3 aliphatic rings. The highest BCUT2D eigenvalue weighted by Gasteiger charge is 2.38. The van der Waals surface area contributed by atoms with Crippen molar-refractivity contribution in [1.82, 2.24) is 10.2 Å². The normalized spacial score (nSPS) is 28.8. The smallest absolute Gasteiger partial charge is 0.378 e. The van der Waals surface area contributed by atoms with Gasteiger partial charge in [0.25, 0.3) is 0 Å². The van der Waals surface area contributed by atoms with E-state index < -0.39 is 17.8 Å². The van der Waals surface area contributed by atoms with Crippen molar-refractivity contribution in [2.45, 2.75) is 50.1 Å². The number of alkyl halides is 3. The molecule has 0 radical (unpaired) electrons. The Morgan fingerprint density at radius 3 is 2.64 bits per heavy atom.